The van der Waals surface area contributed by atoms with Gasteiger partial charge in [0.2, 0.25) is 0 Å². The van der Waals surface area contributed by atoms with Gasteiger partial charge in [0.1, 0.15) is 5.75 Å². The molecule has 1 heterocycles. The molecule has 0 saturated carbocycles. The van der Waals surface area contributed by atoms with Crippen molar-refractivity contribution in [1.29, 1.82) is 0 Å². The van der Waals surface area contributed by atoms with Crippen LogP contribution in [-0.2, 0) is 4.74 Å². The van der Waals surface area contributed by atoms with Gasteiger partial charge in [-0.05, 0) is 44.0 Å². The molecule has 2 unspecified atom stereocenters. The zero-order valence-corrected chi connectivity index (χ0v) is 11.0. The van der Waals surface area contributed by atoms with Crippen LogP contribution in [0.25, 0.3) is 0 Å². The second kappa shape index (κ2) is 4.98. The Hall–Kier alpha value is -1.55. The van der Waals surface area contributed by atoms with E-state index in [1.807, 2.05) is 6.92 Å². The summed E-state index contributed by atoms with van der Waals surface area (Å²) in [5, 5.41) is 9.47. The third kappa shape index (κ3) is 2.34. The lowest BCUT2D eigenvalue weighted by molar-refractivity contribution is 0.0574. The SMILES string of the molecule is Cc1cc(C(=O)N(C)C2CCOC2C)ccc1O. The maximum absolute atomic E-state index is 12.3. The van der Waals surface area contributed by atoms with Crippen molar-refractivity contribution in [3.8, 4) is 5.75 Å². The summed E-state index contributed by atoms with van der Waals surface area (Å²) in [6.07, 6.45) is 0.956. The Labute approximate surface area is 107 Å². The number of rotatable bonds is 2. The Morgan fingerprint density at radius 3 is 2.78 bits per heavy atom. The van der Waals surface area contributed by atoms with Crippen molar-refractivity contribution in [3.05, 3.63) is 29.3 Å². The number of aryl methyl sites for hydroxylation is 1. The summed E-state index contributed by atoms with van der Waals surface area (Å²) in [5.41, 5.74) is 1.32. The van der Waals surface area contributed by atoms with E-state index in [1.54, 1.807) is 37.1 Å². The molecule has 0 bridgehead atoms. The summed E-state index contributed by atoms with van der Waals surface area (Å²) in [7, 11) is 1.81. The molecule has 4 nitrogen and oxygen atoms in total. The summed E-state index contributed by atoms with van der Waals surface area (Å²) in [4.78, 5) is 14.1. The van der Waals surface area contributed by atoms with Gasteiger partial charge in [-0.1, -0.05) is 0 Å². The lowest BCUT2D eigenvalue weighted by Gasteiger charge is -2.27. The normalized spacial score (nSPS) is 23.1. The molecule has 1 amide bonds. The number of aromatic hydroxyl groups is 1. The second-order valence-corrected chi connectivity index (χ2v) is 4.85. The molecule has 1 saturated heterocycles. The summed E-state index contributed by atoms with van der Waals surface area (Å²) >= 11 is 0. The highest BCUT2D eigenvalue weighted by molar-refractivity contribution is 5.94. The minimum absolute atomic E-state index is 0.0274. The van der Waals surface area contributed by atoms with Gasteiger partial charge in [-0.2, -0.15) is 0 Å². The van der Waals surface area contributed by atoms with E-state index in [9.17, 15) is 9.90 Å². The maximum atomic E-state index is 12.3. The van der Waals surface area contributed by atoms with Gasteiger partial charge in [0.05, 0.1) is 12.1 Å². The molecule has 1 aliphatic heterocycles. The van der Waals surface area contributed by atoms with Crippen molar-refractivity contribution in [2.24, 2.45) is 0 Å². The number of hydrogen-bond donors (Lipinski definition) is 1. The fourth-order valence-corrected chi connectivity index (χ4v) is 2.37. The quantitative estimate of drug-likeness (QED) is 0.871. The molecule has 1 aromatic rings. The predicted octanol–water partition coefficient (Wildman–Crippen LogP) is 1.95. The number of benzene rings is 1. The zero-order chi connectivity index (χ0) is 13.3. The molecule has 18 heavy (non-hydrogen) atoms. The lowest BCUT2D eigenvalue weighted by atomic mass is 10.1. The van der Waals surface area contributed by atoms with E-state index in [1.165, 1.54) is 0 Å². The predicted molar refractivity (Wildman–Crippen MR) is 68.8 cm³/mol. The van der Waals surface area contributed by atoms with Gasteiger partial charge in [0.25, 0.3) is 5.91 Å². The topological polar surface area (TPSA) is 49.8 Å². The minimum Gasteiger partial charge on any atom is -0.508 e. The largest absolute Gasteiger partial charge is 0.508 e. The molecule has 0 spiro atoms. The van der Waals surface area contributed by atoms with Gasteiger partial charge >= 0.3 is 0 Å². The summed E-state index contributed by atoms with van der Waals surface area (Å²) < 4.78 is 5.48. The molecule has 1 N–H and O–H groups in total. The summed E-state index contributed by atoms with van der Waals surface area (Å²) in [5.74, 6) is 0.187. The van der Waals surface area contributed by atoms with Crippen LogP contribution in [0.2, 0.25) is 0 Å². The Bertz CT molecular complexity index is 458. The van der Waals surface area contributed by atoms with Crippen molar-refractivity contribution >= 4 is 5.91 Å². The highest BCUT2D eigenvalue weighted by Gasteiger charge is 2.31. The lowest BCUT2D eigenvalue weighted by Crippen LogP contribution is -2.41. The number of phenolic OH excluding ortho intramolecular Hbond substituents is 1. The first-order chi connectivity index (χ1) is 8.50. The first kappa shape index (κ1) is 12.9. The van der Waals surface area contributed by atoms with E-state index >= 15 is 0 Å². The van der Waals surface area contributed by atoms with Crippen molar-refractivity contribution in [2.75, 3.05) is 13.7 Å². The fraction of sp³-hybridized carbons (Fsp3) is 0.500. The van der Waals surface area contributed by atoms with Crippen LogP contribution in [-0.4, -0.2) is 41.7 Å². The Balaban J connectivity index is 2.17. The van der Waals surface area contributed by atoms with Crippen LogP contribution in [0.15, 0.2) is 18.2 Å². The van der Waals surface area contributed by atoms with Crippen molar-refractivity contribution in [1.82, 2.24) is 4.90 Å². The summed E-state index contributed by atoms with van der Waals surface area (Å²) in [6, 6.07) is 5.06. The number of phenols is 1. The van der Waals surface area contributed by atoms with E-state index < -0.39 is 0 Å². The molecule has 4 heteroatoms. The number of carbonyl (C=O) groups excluding carboxylic acids is 1. The number of ether oxygens (including phenoxy) is 1. The number of carbonyl (C=O) groups is 1. The third-order valence-corrected chi connectivity index (χ3v) is 3.60. The molecule has 1 fully saturated rings. The van der Waals surface area contributed by atoms with Gasteiger partial charge in [0, 0.05) is 19.2 Å². The smallest absolute Gasteiger partial charge is 0.253 e. The fourth-order valence-electron chi connectivity index (χ4n) is 2.37. The number of amides is 1. The molecule has 1 aromatic carbocycles. The van der Waals surface area contributed by atoms with Crippen LogP contribution >= 0.6 is 0 Å². The number of nitrogens with zero attached hydrogens (tertiary/aromatic N) is 1. The highest BCUT2D eigenvalue weighted by atomic mass is 16.5. The Morgan fingerprint density at radius 2 is 2.22 bits per heavy atom. The van der Waals surface area contributed by atoms with E-state index in [-0.39, 0.29) is 23.8 Å². The van der Waals surface area contributed by atoms with Crippen LogP contribution in [0.3, 0.4) is 0 Å². The van der Waals surface area contributed by atoms with Crippen LogP contribution in [0, 0.1) is 6.92 Å². The second-order valence-electron chi connectivity index (χ2n) is 4.85. The van der Waals surface area contributed by atoms with Crippen molar-refractivity contribution in [3.63, 3.8) is 0 Å². The number of hydrogen-bond acceptors (Lipinski definition) is 3. The van der Waals surface area contributed by atoms with E-state index in [0.717, 1.165) is 6.42 Å². The molecule has 1 aliphatic rings. The van der Waals surface area contributed by atoms with Crippen LogP contribution < -0.4 is 0 Å². The van der Waals surface area contributed by atoms with Crippen LogP contribution in [0.1, 0.15) is 29.3 Å². The average Bonchev–Trinajstić information content (AvgIpc) is 2.77. The van der Waals surface area contributed by atoms with E-state index in [4.69, 9.17) is 4.74 Å². The van der Waals surface area contributed by atoms with Gasteiger partial charge in [-0.15, -0.1) is 0 Å². The summed E-state index contributed by atoms with van der Waals surface area (Å²) in [6.45, 7) is 4.48. The first-order valence-corrected chi connectivity index (χ1v) is 6.19. The van der Waals surface area contributed by atoms with Gasteiger partial charge < -0.3 is 14.7 Å². The molecule has 0 aliphatic carbocycles. The minimum atomic E-state index is -0.0274. The van der Waals surface area contributed by atoms with Gasteiger partial charge in [-0.3, -0.25) is 4.79 Å². The molecule has 98 valence electrons. The molecule has 2 atom stereocenters. The molecule has 0 radical (unpaired) electrons. The third-order valence-electron chi connectivity index (χ3n) is 3.60. The molecule has 0 aromatic heterocycles. The van der Waals surface area contributed by atoms with Crippen LogP contribution in [0.5, 0.6) is 5.75 Å². The molecular formula is C14H19NO3. The van der Waals surface area contributed by atoms with Crippen molar-refractivity contribution < 1.29 is 14.6 Å². The molecular weight excluding hydrogens is 230 g/mol. The van der Waals surface area contributed by atoms with Crippen LogP contribution in [0.4, 0.5) is 0 Å². The van der Waals surface area contributed by atoms with Gasteiger partial charge in [-0.25, -0.2) is 0 Å². The highest BCUT2D eigenvalue weighted by Crippen LogP contribution is 2.22. The van der Waals surface area contributed by atoms with Gasteiger partial charge in [0.15, 0.2) is 0 Å². The Morgan fingerprint density at radius 1 is 1.50 bits per heavy atom. The Kier molecular flexibility index (Phi) is 3.57. The monoisotopic (exact) mass is 249 g/mol. The first-order valence-electron chi connectivity index (χ1n) is 6.19. The average molecular weight is 249 g/mol. The van der Waals surface area contributed by atoms with E-state index in [0.29, 0.717) is 17.7 Å². The maximum Gasteiger partial charge on any atom is 0.253 e. The number of likely N-dealkylation sites (N-methyl/N-ethyl adjacent to an activating group) is 1. The zero-order valence-electron chi connectivity index (χ0n) is 11.0. The molecule has 2 rings (SSSR count). The van der Waals surface area contributed by atoms with Crippen molar-refractivity contribution in [2.45, 2.75) is 32.4 Å². The standard InChI is InChI=1S/C14H19NO3/c1-9-8-11(4-5-13(9)16)14(17)15(3)12-6-7-18-10(12)2/h4-5,8,10,12,16H,6-7H2,1-3H3. The van der Waals surface area contributed by atoms with E-state index in [2.05, 4.69) is 0 Å².